The predicted molar refractivity (Wildman–Crippen MR) is 115 cm³/mol. The fraction of sp³-hybridized carbons (Fsp3) is 0.364. The first-order chi connectivity index (χ1) is 14.1. The summed E-state index contributed by atoms with van der Waals surface area (Å²) in [4.78, 5) is 17.4. The fourth-order valence-electron chi connectivity index (χ4n) is 2.90. The van der Waals surface area contributed by atoms with Gasteiger partial charge in [0.05, 0.1) is 23.4 Å². The van der Waals surface area contributed by atoms with Crippen LogP contribution in [0.25, 0.3) is 10.2 Å². The molecular formula is C22H26N2O4S. The molecule has 0 atom stereocenters. The van der Waals surface area contributed by atoms with Crippen LogP contribution in [0.1, 0.15) is 19.4 Å². The number of aryl methyl sites for hydroxylation is 1. The highest BCUT2D eigenvalue weighted by Crippen LogP contribution is 2.23. The van der Waals surface area contributed by atoms with Gasteiger partial charge in [-0.15, -0.1) is 0 Å². The summed E-state index contributed by atoms with van der Waals surface area (Å²) in [6.07, 6.45) is 0. The highest BCUT2D eigenvalue weighted by Gasteiger charge is 2.10. The minimum atomic E-state index is -0.326. The minimum Gasteiger partial charge on any atom is -0.494 e. The molecule has 0 aliphatic heterocycles. The topological polar surface area (TPSA) is 62.1 Å². The van der Waals surface area contributed by atoms with Crippen molar-refractivity contribution < 1.29 is 19.0 Å². The molecule has 154 valence electrons. The van der Waals surface area contributed by atoms with E-state index in [0.29, 0.717) is 36.9 Å². The third-order valence-corrected chi connectivity index (χ3v) is 5.24. The molecule has 3 aromatic rings. The third kappa shape index (κ3) is 5.68. The Kier molecular flexibility index (Phi) is 7.43. The van der Waals surface area contributed by atoms with Gasteiger partial charge in [0.1, 0.15) is 11.5 Å². The van der Waals surface area contributed by atoms with Gasteiger partial charge in [0.2, 0.25) is 0 Å². The number of carbonyl (C=O) groups is 1. The van der Waals surface area contributed by atoms with E-state index >= 15 is 0 Å². The predicted octanol–water partition coefficient (Wildman–Crippen LogP) is 3.95. The standard InChI is InChI=1S/C22H26N2O4S/c1-4-26-12-11-24-19-10-9-18(27-5-2)14-20(19)29-22(24)23-21(25)15-28-17-8-6-7-16(3)13-17/h6-10,13-14H,4-5,11-12,15H2,1-3H3. The molecule has 0 saturated carbocycles. The van der Waals surface area contributed by atoms with E-state index in [9.17, 15) is 4.79 Å². The molecule has 0 N–H and O–H groups in total. The van der Waals surface area contributed by atoms with Crippen molar-refractivity contribution >= 4 is 27.5 Å². The van der Waals surface area contributed by atoms with Crippen LogP contribution in [-0.4, -0.2) is 36.9 Å². The molecule has 1 heterocycles. The van der Waals surface area contributed by atoms with Gasteiger partial charge in [-0.3, -0.25) is 4.79 Å². The average molecular weight is 415 g/mol. The lowest BCUT2D eigenvalue weighted by Gasteiger charge is -2.07. The highest BCUT2D eigenvalue weighted by molar-refractivity contribution is 7.16. The van der Waals surface area contributed by atoms with E-state index in [4.69, 9.17) is 14.2 Å². The van der Waals surface area contributed by atoms with Crippen LogP contribution in [0.3, 0.4) is 0 Å². The van der Waals surface area contributed by atoms with Crippen molar-refractivity contribution in [3.63, 3.8) is 0 Å². The van der Waals surface area contributed by atoms with Crippen molar-refractivity contribution in [2.75, 3.05) is 26.4 Å². The number of nitrogens with zero attached hydrogens (tertiary/aromatic N) is 2. The monoisotopic (exact) mass is 414 g/mol. The summed E-state index contributed by atoms with van der Waals surface area (Å²) in [6, 6.07) is 13.5. The molecule has 0 radical (unpaired) electrons. The largest absolute Gasteiger partial charge is 0.494 e. The van der Waals surface area contributed by atoms with Gasteiger partial charge < -0.3 is 18.8 Å². The van der Waals surface area contributed by atoms with Gasteiger partial charge in [-0.05, 0) is 56.7 Å². The van der Waals surface area contributed by atoms with Crippen LogP contribution in [0, 0.1) is 6.92 Å². The summed E-state index contributed by atoms with van der Waals surface area (Å²) in [5.74, 6) is 1.14. The Balaban J connectivity index is 1.86. The minimum absolute atomic E-state index is 0.104. The van der Waals surface area contributed by atoms with Crippen molar-refractivity contribution in [3.8, 4) is 11.5 Å². The van der Waals surface area contributed by atoms with Crippen LogP contribution in [0.15, 0.2) is 47.5 Å². The van der Waals surface area contributed by atoms with Crippen molar-refractivity contribution in [2.24, 2.45) is 4.99 Å². The first-order valence-corrected chi connectivity index (χ1v) is 10.5. The Labute approximate surface area is 174 Å². The summed E-state index contributed by atoms with van der Waals surface area (Å²) in [6.45, 7) is 8.21. The zero-order chi connectivity index (χ0) is 20.6. The Morgan fingerprint density at radius 3 is 2.66 bits per heavy atom. The summed E-state index contributed by atoms with van der Waals surface area (Å²) >= 11 is 1.46. The van der Waals surface area contributed by atoms with Gasteiger partial charge in [-0.1, -0.05) is 23.5 Å². The van der Waals surface area contributed by atoms with E-state index in [1.165, 1.54) is 11.3 Å². The smallest absolute Gasteiger partial charge is 0.286 e. The van der Waals surface area contributed by atoms with E-state index < -0.39 is 0 Å². The maximum atomic E-state index is 12.4. The number of hydrogen-bond acceptors (Lipinski definition) is 5. The van der Waals surface area contributed by atoms with Crippen LogP contribution in [0.2, 0.25) is 0 Å². The van der Waals surface area contributed by atoms with Gasteiger partial charge in [0, 0.05) is 13.2 Å². The maximum Gasteiger partial charge on any atom is 0.286 e. The van der Waals surface area contributed by atoms with Crippen LogP contribution < -0.4 is 14.3 Å². The molecular weight excluding hydrogens is 388 g/mol. The molecule has 2 aromatic carbocycles. The van der Waals surface area contributed by atoms with Crippen molar-refractivity contribution in [1.29, 1.82) is 0 Å². The summed E-state index contributed by atoms with van der Waals surface area (Å²) in [5.41, 5.74) is 2.08. The zero-order valence-electron chi connectivity index (χ0n) is 17.0. The number of carbonyl (C=O) groups excluding carboxylic acids is 1. The number of benzene rings is 2. The van der Waals surface area contributed by atoms with Gasteiger partial charge in [-0.25, -0.2) is 0 Å². The van der Waals surface area contributed by atoms with Crippen LogP contribution in [0.4, 0.5) is 0 Å². The first kappa shape index (κ1) is 21.1. The van der Waals surface area contributed by atoms with Crippen molar-refractivity contribution in [2.45, 2.75) is 27.3 Å². The second kappa shape index (κ2) is 10.2. The summed E-state index contributed by atoms with van der Waals surface area (Å²) in [5, 5.41) is 0. The van der Waals surface area contributed by atoms with E-state index in [1.54, 1.807) is 0 Å². The number of ether oxygens (including phenoxy) is 3. The van der Waals surface area contributed by atoms with E-state index in [1.807, 2.05) is 67.8 Å². The molecule has 0 saturated heterocycles. The third-order valence-electron chi connectivity index (χ3n) is 4.20. The molecule has 6 nitrogen and oxygen atoms in total. The van der Waals surface area contributed by atoms with E-state index in [2.05, 4.69) is 4.99 Å². The average Bonchev–Trinajstić information content (AvgIpc) is 3.03. The second-order valence-electron chi connectivity index (χ2n) is 6.41. The lowest BCUT2D eigenvalue weighted by molar-refractivity contribution is -0.120. The molecule has 1 amide bonds. The van der Waals surface area contributed by atoms with E-state index in [0.717, 1.165) is 21.5 Å². The van der Waals surface area contributed by atoms with Gasteiger partial charge >= 0.3 is 0 Å². The molecule has 0 bridgehead atoms. The maximum absolute atomic E-state index is 12.4. The summed E-state index contributed by atoms with van der Waals surface area (Å²) < 4.78 is 19.7. The molecule has 3 rings (SSSR count). The Hall–Kier alpha value is -2.64. The Morgan fingerprint density at radius 2 is 1.90 bits per heavy atom. The van der Waals surface area contributed by atoms with Crippen LogP contribution >= 0.6 is 11.3 Å². The number of thiazole rings is 1. The molecule has 0 fully saturated rings. The molecule has 1 aromatic heterocycles. The van der Waals surface area contributed by atoms with Crippen molar-refractivity contribution in [1.82, 2.24) is 4.57 Å². The molecule has 0 aliphatic rings. The number of fused-ring (bicyclic) bond motifs is 1. The molecule has 0 unspecified atom stereocenters. The second-order valence-corrected chi connectivity index (χ2v) is 7.42. The van der Waals surface area contributed by atoms with Crippen LogP contribution in [0.5, 0.6) is 11.5 Å². The zero-order valence-corrected chi connectivity index (χ0v) is 17.8. The van der Waals surface area contributed by atoms with Crippen LogP contribution in [-0.2, 0) is 16.1 Å². The number of aromatic nitrogens is 1. The molecule has 29 heavy (non-hydrogen) atoms. The normalized spacial score (nSPS) is 11.8. The van der Waals surface area contributed by atoms with Gasteiger partial charge in [0.15, 0.2) is 11.4 Å². The Morgan fingerprint density at radius 1 is 1.07 bits per heavy atom. The molecule has 0 spiro atoms. The lowest BCUT2D eigenvalue weighted by atomic mass is 10.2. The van der Waals surface area contributed by atoms with E-state index in [-0.39, 0.29) is 12.5 Å². The fourth-order valence-corrected chi connectivity index (χ4v) is 4.00. The molecule has 7 heteroatoms. The number of amides is 1. The first-order valence-electron chi connectivity index (χ1n) is 9.71. The SMILES string of the molecule is CCOCCn1c(=NC(=O)COc2cccc(C)c2)sc2cc(OCC)ccc21. The van der Waals surface area contributed by atoms with Gasteiger partial charge in [-0.2, -0.15) is 4.99 Å². The van der Waals surface area contributed by atoms with Gasteiger partial charge in [0.25, 0.3) is 5.91 Å². The lowest BCUT2D eigenvalue weighted by Crippen LogP contribution is -2.21. The Bertz CT molecular complexity index is 1040. The summed E-state index contributed by atoms with van der Waals surface area (Å²) in [7, 11) is 0. The number of rotatable bonds is 9. The number of hydrogen-bond donors (Lipinski definition) is 0. The molecule has 0 aliphatic carbocycles. The highest BCUT2D eigenvalue weighted by atomic mass is 32.1. The van der Waals surface area contributed by atoms with Crippen molar-refractivity contribution in [3.05, 3.63) is 52.8 Å². The quantitative estimate of drug-likeness (QED) is 0.498.